The van der Waals surface area contributed by atoms with Crippen molar-refractivity contribution in [2.75, 3.05) is 20.3 Å². The summed E-state index contributed by atoms with van der Waals surface area (Å²) >= 11 is 0. The second-order valence-electron chi connectivity index (χ2n) is 5.35. The Morgan fingerprint density at radius 2 is 1.65 bits per heavy atom. The molecule has 132 valence electrons. The van der Waals surface area contributed by atoms with Gasteiger partial charge in [-0.3, -0.25) is 0 Å². The number of methoxy groups -OCH3 is 1. The first-order chi connectivity index (χ1) is 11.3. The molecule has 0 amide bonds. The normalized spacial score (nSPS) is 16.2. The summed E-state index contributed by atoms with van der Waals surface area (Å²) in [6.07, 6.45) is 6.25. The third-order valence-corrected chi connectivity index (χ3v) is 3.72. The van der Waals surface area contributed by atoms with Gasteiger partial charge in [-0.05, 0) is 44.7 Å². The van der Waals surface area contributed by atoms with E-state index < -0.39 is 0 Å². The van der Waals surface area contributed by atoms with E-state index in [1.54, 1.807) is 7.11 Å². The van der Waals surface area contributed by atoms with Gasteiger partial charge in [0.1, 0.15) is 6.61 Å². The Morgan fingerprint density at radius 3 is 2.30 bits per heavy atom. The summed E-state index contributed by atoms with van der Waals surface area (Å²) < 4.78 is 22.3. The van der Waals surface area contributed by atoms with Crippen LogP contribution in [0.5, 0.6) is 11.5 Å². The van der Waals surface area contributed by atoms with Crippen molar-refractivity contribution in [1.82, 2.24) is 0 Å². The Labute approximate surface area is 141 Å². The van der Waals surface area contributed by atoms with E-state index in [1.165, 1.54) is 19.3 Å². The van der Waals surface area contributed by atoms with Crippen LogP contribution < -0.4 is 9.47 Å². The van der Waals surface area contributed by atoms with Gasteiger partial charge in [0.25, 0.3) is 0 Å². The Kier molecular flexibility index (Phi) is 10.5. The molecule has 2 rings (SSSR count). The average Bonchev–Trinajstić information content (AvgIpc) is 2.62. The van der Waals surface area contributed by atoms with Crippen molar-refractivity contribution in [1.29, 1.82) is 0 Å². The van der Waals surface area contributed by atoms with E-state index in [2.05, 4.69) is 0 Å². The predicted octanol–water partition coefficient (Wildman–Crippen LogP) is 4.81. The molecule has 0 radical (unpaired) electrons. The summed E-state index contributed by atoms with van der Waals surface area (Å²) in [4.78, 5) is 0. The zero-order valence-electron chi connectivity index (χ0n) is 15.0. The number of ether oxygens (including phenoxy) is 4. The highest BCUT2D eigenvalue weighted by molar-refractivity contribution is 5.39. The van der Waals surface area contributed by atoms with Crippen molar-refractivity contribution in [2.45, 2.75) is 65.3 Å². The van der Waals surface area contributed by atoms with Crippen LogP contribution in [-0.2, 0) is 9.47 Å². The minimum absolute atomic E-state index is 0.206. The van der Waals surface area contributed by atoms with E-state index in [0.717, 1.165) is 24.3 Å². The molecule has 1 aliphatic rings. The lowest BCUT2D eigenvalue weighted by molar-refractivity contribution is -0.115. The molecule has 0 heterocycles. The van der Waals surface area contributed by atoms with Gasteiger partial charge in [-0.2, -0.15) is 0 Å². The van der Waals surface area contributed by atoms with Gasteiger partial charge < -0.3 is 18.9 Å². The molecule has 1 saturated carbocycles. The van der Waals surface area contributed by atoms with Gasteiger partial charge in [-0.25, -0.2) is 0 Å². The minimum Gasteiger partial charge on any atom is -0.487 e. The van der Waals surface area contributed by atoms with Crippen LogP contribution in [0.15, 0.2) is 24.3 Å². The van der Waals surface area contributed by atoms with Crippen molar-refractivity contribution >= 4 is 0 Å². The summed E-state index contributed by atoms with van der Waals surface area (Å²) in [7, 11) is 1.62. The molecule has 1 unspecified atom stereocenters. The molecule has 1 aromatic carbocycles. The van der Waals surface area contributed by atoms with Gasteiger partial charge in [-0.15, -0.1) is 0 Å². The van der Waals surface area contributed by atoms with Crippen LogP contribution in [0, 0.1) is 0 Å². The molecule has 1 fully saturated rings. The predicted molar refractivity (Wildman–Crippen MR) is 93.2 cm³/mol. The zero-order valence-corrected chi connectivity index (χ0v) is 15.0. The quantitative estimate of drug-likeness (QED) is 0.508. The second-order valence-corrected chi connectivity index (χ2v) is 5.35. The molecule has 1 aliphatic carbocycles. The summed E-state index contributed by atoms with van der Waals surface area (Å²) in [5.74, 6) is 1.63. The van der Waals surface area contributed by atoms with Crippen molar-refractivity contribution < 1.29 is 18.9 Å². The van der Waals surface area contributed by atoms with Crippen molar-refractivity contribution in [3.05, 3.63) is 24.3 Å². The molecule has 4 heteroatoms. The molecular weight excluding hydrogens is 292 g/mol. The molecule has 0 aromatic heterocycles. The van der Waals surface area contributed by atoms with Gasteiger partial charge in [-0.1, -0.05) is 32.4 Å². The van der Waals surface area contributed by atoms with Gasteiger partial charge in [0.05, 0.1) is 12.7 Å². The molecule has 1 aromatic rings. The molecule has 0 bridgehead atoms. The lowest BCUT2D eigenvalue weighted by Crippen LogP contribution is -2.20. The van der Waals surface area contributed by atoms with Crippen molar-refractivity contribution in [3.8, 4) is 11.5 Å². The molecule has 0 N–H and O–H groups in total. The summed E-state index contributed by atoms with van der Waals surface area (Å²) in [6.45, 7) is 6.84. The molecule has 4 nitrogen and oxygen atoms in total. The first-order valence-electron chi connectivity index (χ1n) is 8.82. The zero-order chi connectivity index (χ0) is 16.9. The summed E-state index contributed by atoms with van der Waals surface area (Å²) in [5.41, 5.74) is 0. The van der Waals surface area contributed by atoms with Crippen molar-refractivity contribution in [2.24, 2.45) is 0 Å². The average molecular weight is 324 g/mol. The molecule has 0 saturated heterocycles. The van der Waals surface area contributed by atoms with Gasteiger partial charge >= 0.3 is 0 Å². The molecular formula is C19H32O4. The van der Waals surface area contributed by atoms with Crippen LogP contribution in [0.2, 0.25) is 0 Å². The number of hydrogen-bond acceptors (Lipinski definition) is 4. The van der Waals surface area contributed by atoms with Crippen LogP contribution in [0.1, 0.15) is 52.9 Å². The third-order valence-electron chi connectivity index (χ3n) is 3.72. The van der Waals surface area contributed by atoms with Crippen LogP contribution in [0.3, 0.4) is 0 Å². The smallest absolute Gasteiger partial charge is 0.161 e. The van der Waals surface area contributed by atoms with Crippen LogP contribution in [0.4, 0.5) is 0 Å². The fourth-order valence-corrected chi connectivity index (χ4v) is 2.46. The highest BCUT2D eigenvalue weighted by atomic mass is 16.7. The monoisotopic (exact) mass is 324 g/mol. The first-order valence-corrected chi connectivity index (χ1v) is 8.82. The van der Waals surface area contributed by atoms with Gasteiger partial charge in [0.15, 0.2) is 17.8 Å². The molecule has 0 aliphatic heterocycles. The molecule has 0 spiro atoms. The maximum atomic E-state index is 6.10. The fourth-order valence-electron chi connectivity index (χ4n) is 2.46. The molecule has 1 atom stereocenters. The highest BCUT2D eigenvalue weighted by Gasteiger charge is 2.16. The number of benzene rings is 1. The number of para-hydroxylation sites is 2. The second kappa shape index (κ2) is 12.2. The Balaban J connectivity index is 0.00000127. The van der Waals surface area contributed by atoms with E-state index >= 15 is 0 Å². The highest BCUT2D eigenvalue weighted by Crippen LogP contribution is 2.30. The summed E-state index contributed by atoms with van der Waals surface area (Å²) in [5, 5.41) is 0. The lowest BCUT2D eigenvalue weighted by Gasteiger charge is -2.24. The SMILES string of the molecule is CC.COC(C)OCCOc1ccccc1OC1CCCCC1. The maximum absolute atomic E-state index is 6.10. The molecule has 23 heavy (non-hydrogen) atoms. The van der Waals surface area contributed by atoms with E-state index in [0.29, 0.717) is 19.3 Å². The minimum atomic E-state index is -0.206. The topological polar surface area (TPSA) is 36.9 Å². The van der Waals surface area contributed by atoms with Gasteiger partial charge in [0, 0.05) is 7.11 Å². The van der Waals surface area contributed by atoms with E-state index in [-0.39, 0.29) is 6.29 Å². The van der Waals surface area contributed by atoms with Crippen LogP contribution in [-0.4, -0.2) is 32.7 Å². The maximum Gasteiger partial charge on any atom is 0.161 e. The first kappa shape index (κ1) is 19.8. The van der Waals surface area contributed by atoms with Crippen LogP contribution >= 0.6 is 0 Å². The number of hydrogen-bond donors (Lipinski definition) is 0. The Bertz CT molecular complexity index is 402. The number of rotatable bonds is 8. The summed E-state index contributed by atoms with van der Waals surface area (Å²) in [6, 6.07) is 7.86. The fraction of sp³-hybridized carbons (Fsp3) is 0.684. The largest absolute Gasteiger partial charge is 0.487 e. The lowest BCUT2D eigenvalue weighted by atomic mass is 9.98. The van der Waals surface area contributed by atoms with Gasteiger partial charge in [0.2, 0.25) is 0 Å². The Hall–Kier alpha value is -1.26. The standard InChI is InChI=1S/C17H26O4.C2H6/c1-14(18-2)19-12-13-20-16-10-6-7-11-17(16)21-15-8-4-3-5-9-15;1-2/h6-7,10-11,14-15H,3-5,8-9,12-13H2,1-2H3;1-2H3. The van der Waals surface area contributed by atoms with E-state index in [1.807, 2.05) is 45.0 Å². The van der Waals surface area contributed by atoms with E-state index in [4.69, 9.17) is 18.9 Å². The third kappa shape index (κ3) is 7.71. The Morgan fingerprint density at radius 1 is 1.00 bits per heavy atom. The van der Waals surface area contributed by atoms with Crippen molar-refractivity contribution in [3.63, 3.8) is 0 Å². The van der Waals surface area contributed by atoms with Crippen LogP contribution in [0.25, 0.3) is 0 Å². The van der Waals surface area contributed by atoms with E-state index in [9.17, 15) is 0 Å².